The third-order valence-corrected chi connectivity index (χ3v) is 3.29. The van der Waals surface area contributed by atoms with Crippen LogP contribution in [0.3, 0.4) is 0 Å². The number of amides is 2. The number of carbonyl (C=O) groups is 2. The van der Waals surface area contributed by atoms with E-state index in [1.54, 1.807) is 11.9 Å². The fraction of sp³-hybridized carbons (Fsp3) is 0.818. The van der Waals surface area contributed by atoms with Crippen LogP contribution in [-0.4, -0.2) is 62.1 Å². The van der Waals surface area contributed by atoms with Crippen LogP contribution in [0.5, 0.6) is 0 Å². The maximum absolute atomic E-state index is 12.2. The van der Waals surface area contributed by atoms with Crippen LogP contribution in [-0.2, 0) is 14.3 Å². The second kappa shape index (κ2) is 5.46. The zero-order valence-corrected chi connectivity index (χ0v) is 10.1. The molecule has 0 saturated carbocycles. The van der Waals surface area contributed by atoms with E-state index in [0.29, 0.717) is 19.7 Å². The molecule has 2 aliphatic heterocycles. The highest BCUT2D eigenvalue weighted by molar-refractivity contribution is 5.90. The number of rotatable bonds is 2. The van der Waals surface area contributed by atoms with Crippen molar-refractivity contribution in [2.24, 2.45) is 0 Å². The van der Waals surface area contributed by atoms with Crippen molar-refractivity contribution in [2.45, 2.75) is 25.0 Å². The van der Waals surface area contributed by atoms with Crippen molar-refractivity contribution in [2.75, 3.05) is 33.3 Å². The van der Waals surface area contributed by atoms with Crippen molar-refractivity contribution < 1.29 is 14.3 Å². The first-order chi connectivity index (χ1) is 8.24. The van der Waals surface area contributed by atoms with E-state index < -0.39 is 6.10 Å². The molecule has 2 fully saturated rings. The van der Waals surface area contributed by atoms with E-state index in [4.69, 9.17) is 4.74 Å². The van der Waals surface area contributed by atoms with E-state index in [1.807, 2.05) is 0 Å². The molecule has 0 aromatic carbocycles. The van der Waals surface area contributed by atoms with Crippen molar-refractivity contribution in [3.63, 3.8) is 0 Å². The van der Waals surface area contributed by atoms with Gasteiger partial charge in [0.25, 0.3) is 5.91 Å². The molecule has 2 atom stereocenters. The van der Waals surface area contributed by atoms with Crippen molar-refractivity contribution >= 4 is 11.8 Å². The fourth-order valence-corrected chi connectivity index (χ4v) is 2.38. The van der Waals surface area contributed by atoms with Crippen LogP contribution in [0.15, 0.2) is 0 Å². The lowest BCUT2D eigenvalue weighted by Crippen LogP contribution is -2.53. The van der Waals surface area contributed by atoms with Gasteiger partial charge in [-0.2, -0.15) is 0 Å². The number of nitrogens with one attached hydrogen (secondary N) is 2. The van der Waals surface area contributed by atoms with E-state index in [-0.39, 0.29) is 17.9 Å². The van der Waals surface area contributed by atoms with Crippen LogP contribution in [0, 0.1) is 0 Å². The van der Waals surface area contributed by atoms with Crippen molar-refractivity contribution in [1.29, 1.82) is 0 Å². The Hall–Kier alpha value is -1.14. The summed E-state index contributed by atoms with van der Waals surface area (Å²) >= 11 is 0. The van der Waals surface area contributed by atoms with E-state index in [9.17, 15) is 9.59 Å². The Kier molecular flexibility index (Phi) is 3.96. The Bertz CT molecular complexity index is 302. The summed E-state index contributed by atoms with van der Waals surface area (Å²) in [6, 6.07) is -0.321. The lowest BCUT2D eigenvalue weighted by Gasteiger charge is -2.30. The lowest BCUT2D eigenvalue weighted by atomic mass is 10.2. The summed E-state index contributed by atoms with van der Waals surface area (Å²) in [5, 5.41) is 5.73. The van der Waals surface area contributed by atoms with Crippen molar-refractivity contribution in [1.82, 2.24) is 15.5 Å². The Labute approximate surface area is 101 Å². The Morgan fingerprint density at radius 2 is 2.29 bits per heavy atom. The van der Waals surface area contributed by atoms with Crippen molar-refractivity contribution in [3.05, 3.63) is 0 Å². The van der Waals surface area contributed by atoms with Gasteiger partial charge in [-0.15, -0.1) is 0 Å². The van der Waals surface area contributed by atoms with Gasteiger partial charge in [0.2, 0.25) is 5.91 Å². The monoisotopic (exact) mass is 241 g/mol. The first kappa shape index (κ1) is 12.3. The predicted molar refractivity (Wildman–Crippen MR) is 61.4 cm³/mol. The van der Waals surface area contributed by atoms with Gasteiger partial charge in [-0.25, -0.2) is 0 Å². The zero-order chi connectivity index (χ0) is 12.3. The molecular formula is C11H19N3O3. The smallest absolute Gasteiger partial charge is 0.253 e. The summed E-state index contributed by atoms with van der Waals surface area (Å²) < 4.78 is 5.43. The molecule has 2 aliphatic rings. The molecule has 0 bridgehead atoms. The van der Waals surface area contributed by atoms with Gasteiger partial charge >= 0.3 is 0 Å². The van der Waals surface area contributed by atoms with Crippen LogP contribution in [0.4, 0.5) is 0 Å². The summed E-state index contributed by atoms with van der Waals surface area (Å²) in [6.45, 7) is 2.52. The molecule has 2 amide bonds. The molecular weight excluding hydrogens is 222 g/mol. The summed E-state index contributed by atoms with van der Waals surface area (Å²) in [6.07, 6.45) is 1.18. The lowest BCUT2D eigenvalue weighted by molar-refractivity contribution is -0.149. The number of nitrogens with zero attached hydrogens (tertiary/aromatic N) is 1. The zero-order valence-electron chi connectivity index (χ0n) is 10.1. The molecule has 96 valence electrons. The standard InChI is InChI=1S/C11H19N3O3/c1-12-10(15)8-3-2-5-14(8)11(16)9-7-13-4-6-17-9/h8-9,13H,2-7H2,1H3,(H,12,15). The average Bonchev–Trinajstić information content (AvgIpc) is 2.87. The van der Waals surface area contributed by atoms with Gasteiger partial charge in [0.1, 0.15) is 12.1 Å². The molecule has 0 aliphatic carbocycles. The number of hydrogen-bond acceptors (Lipinski definition) is 4. The number of carbonyl (C=O) groups excluding carboxylic acids is 2. The Morgan fingerprint density at radius 1 is 1.47 bits per heavy atom. The number of hydrogen-bond donors (Lipinski definition) is 2. The maximum atomic E-state index is 12.2. The van der Waals surface area contributed by atoms with Crippen LogP contribution >= 0.6 is 0 Å². The summed E-state index contributed by atoms with van der Waals surface area (Å²) in [4.78, 5) is 25.5. The van der Waals surface area contributed by atoms with Gasteiger partial charge in [0.15, 0.2) is 0 Å². The number of ether oxygens (including phenoxy) is 1. The maximum Gasteiger partial charge on any atom is 0.253 e. The topological polar surface area (TPSA) is 70.7 Å². The SMILES string of the molecule is CNC(=O)C1CCCN1C(=O)C1CNCCO1. The molecule has 0 aromatic rings. The fourth-order valence-electron chi connectivity index (χ4n) is 2.38. The van der Waals surface area contributed by atoms with Crippen LogP contribution in [0.1, 0.15) is 12.8 Å². The minimum Gasteiger partial charge on any atom is -0.366 e. The summed E-state index contributed by atoms with van der Waals surface area (Å²) in [5.41, 5.74) is 0. The molecule has 0 spiro atoms. The predicted octanol–water partition coefficient (Wildman–Crippen LogP) is -1.29. The van der Waals surface area contributed by atoms with E-state index in [2.05, 4.69) is 10.6 Å². The number of likely N-dealkylation sites (N-methyl/N-ethyl adjacent to an activating group) is 1. The van der Waals surface area contributed by atoms with Gasteiger partial charge in [-0.3, -0.25) is 9.59 Å². The van der Waals surface area contributed by atoms with Gasteiger partial charge in [0, 0.05) is 26.7 Å². The second-order valence-electron chi connectivity index (χ2n) is 4.37. The summed E-state index contributed by atoms with van der Waals surface area (Å²) in [7, 11) is 1.60. The van der Waals surface area contributed by atoms with Crippen LogP contribution < -0.4 is 10.6 Å². The quantitative estimate of drug-likeness (QED) is 0.631. The molecule has 2 heterocycles. The highest BCUT2D eigenvalue weighted by Gasteiger charge is 2.37. The van der Waals surface area contributed by atoms with E-state index >= 15 is 0 Å². The third-order valence-electron chi connectivity index (χ3n) is 3.29. The van der Waals surface area contributed by atoms with Gasteiger partial charge in [-0.05, 0) is 12.8 Å². The second-order valence-corrected chi connectivity index (χ2v) is 4.37. The van der Waals surface area contributed by atoms with Gasteiger partial charge in [0.05, 0.1) is 6.61 Å². The molecule has 6 nitrogen and oxygen atoms in total. The van der Waals surface area contributed by atoms with Crippen molar-refractivity contribution in [3.8, 4) is 0 Å². The van der Waals surface area contributed by atoms with Crippen LogP contribution in [0.25, 0.3) is 0 Å². The third kappa shape index (κ3) is 2.58. The average molecular weight is 241 g/mol. The molecule has 2 N–H and O–H groups in total. The normalized spacial score (nSPS) is 29.1. The highest BCUT2D eigenvalue weighted by Crippen LogP contribution is 2.19. The molecule has 0 radical (unpaired) electrons. The van der Waals surface area contributed by atoms with E-state index in [1.165, 1.54) is 0 Å². The molecule has 2 saturated heterocycles. The Balaban J connectivity index is 1.99. The molecule has 17 heavy (non-hydrogen) atoms. The van der Waals surface area contributed by atoms with Crippen LogP contribution in [0.2, 0.25) is 0 Å². The summed E-state index contributed by atoms with van der Waals surface area (Å²) in [5.74, 6) is -0.150. The molecule has 2 rings (SSSR count). The van der Waals surface area contributed by atoms with Gasteiger partial charge in [-0.1, -0.05) is 0 Å². The molecule has 0 aromatic heterocycles. The van der Waals surface area contributed by atoms with E-state index in [0.717, 1.165) is 19.4 Å². The largest absolute Gasteiger partial charge is 0.366 e. The minimum absolute atomic E-state index is 0.0664. The highest BCUT2D eigenvalue weighted by atomic mass is 16.5. The first-order valence-electron chi connectivity index (χ1n) is 6.08. The molecule has 2 unspecified atom stereocenters. The minimum atomic E-state index is -0.436. The Morgan fingerprint density at radius 3 is 2.94 bits per heavy atom. The number of likely N-dealkylation sites (tertiary alicyclic amines) is 1. The molecule has 6 heteroatoms. The first-order valence-corrected chi connectivity index (χ1v) is 6.08. The number of morpholine rings is 1. The van der Waals surface area contributed by atoms with Gasteiger partial charge < -0.3 is 20.3 Å².